The summed E-state index contributed by atoms with van der Waals surface area (Å²) in [4.78, 5) is 71.8. The van der Waals surface area contributed by atoms with Gasteiger partial charge in [-0.2, -0.15) is 0 Å². The van der Waals surface area contributed by atoms with Gasteiger partial charge in [-0.25, -0.2) is 4.79 Å². The predicted molar refractivity (Wildman–Crippen MR) is 127 cm³/mol. The highest BCUT2D eigenvalue weighted by molar-refractivity contribution is 5.95. The molecule has 1 aromatic carbocycles. The third kappa shape index (κ3) is 10.9. The molecular formula is C23H32N4O10. The minimum Gasteiger partial charge on any atom is -0.508 e. The minimum absolute atomic E-state index is 0.0373. The molecule has 204 valence electrons. The number of rotatable bonds is 15. The monoisotopic (exact) mass is 524 g/mol. The van der Waals surface area contributed by atoms with Crippen LogP contribution < -0.4 is 21.7 Å². The Morgan fingerprint density at radius 2 is 1.30 bits per heavy atom. The van der Waals surface area contributed by atoms with Crippen molar-refractivity contribution in [2.45, 2.75) is 63.7 Å². The van der Waals surface area contributed by atoms with E-state index in [1.165, 1.54) is 24.3 Å². The van der Waals surface area contributed by atoms with Crippen LogP contribution in [0.4, 0.5) is 0 Å². The van der Waals surface area contributed by atoms with Crippen LogP contribution >= 0.6 is 0 Å². The fraction of sp³-hybridized carbons (Fsp3) is 0.478. The molecule has 0 saturated heterocycles. The number of nitrogens with two attached hydrogens (primary N) is 1. The van der Waals surface area contributed by atoms with Gasteiger partial charge in [0.1, 0.15) is 23.9 Å². The van der Waals surface area contributed by atoms with E-state index in [2.05, 4.69) is 10.6 Å². The van der Waals surface area contributed by atoms with Crippen molar-refractivity contribution in [2.24, 2.45) is 11.7 Å². The molecule has 0 bridgehead atoms. The topological polar surface area (TPSA) is 245 Å². The highest BCUT2D eigenvalue weighted by Crippen LogP contribution is 2.12. The molecule has 0 saturated carbocycles. The summed E-state index contributed by atoms with van der Waals surface area (Å²) in [6.45, 7) is 3.38. The third-order valence-corrected chi connectivity index (χ3v) is 5.30. The first-order valence-electron chi connectivity index (χ1n) is 11.3. The van der Waals surface area contributed by atoms with Gasteiger partial charge in [-0.05, 0) is 30.0 Å². The molecule has 3 amide bonds. The minimum atomic E-state index is -1.74. The fourth-order valence-electron chi connectivity index (χ4n) is 3.10. The van der Waals surface area contributed by atoms with Gasteiger partial charge in [0.2, 0.25) is 17.7 Å². The van der Waals surface area contributed by atoms with Crippen LogP contribution in [0.2, 0.25) is 0 Å². The maximum atomic E-state index is 13.1. The zero-order valence-electron chi connectivity index (χ0n) is 20.3. The van der Waals surface area contributed by atoms with Crippen LogP contribution in [-0.4, -0.2) is 80.2 Å². The predicted octanol–water partition coefficient (Wildman–Crippen LogP) is -1.20. The molecule has 0 aromatic heterocycles. The van der Waals surface area contributed by atoms with E-state index in [0.717, 1.165) is 0 Å². The number of amides is 3. The molecule has 14 nitrogen and oxygen atoms in total. The van der Waals surface area contributed by atoms with Gasteiger partial charge >= 0.3 is 17.9 Å². The molecule has 4 atom stereocenters. The molecule has 0 radical (unpaired) electrons. The summed E-state index contributed by atoms with van der Waals surface area (Å²) in [5, 5.41) is 43.4. The number of carboxylic acid groups (broad SMARTS) is 3. The summed E-state index contributed by atoms with van der Waals surface area (Å²) in [6, 6.07) is 0.0258. The van der Waals surface area contributed by atoms with E-state index in [0.29, 0.717) is 5.56 Å². The number of hydrogen-bond donors (Lipinski definition) is 8. The maximum Gasteiger partial charge on any atom is 0.326 e. The second-order valence-electron chi connectivity index (χ2n) is 8.69. The number of nitrogens with one attached hydrogen (secondary N) is 3. The zero-order valence-corrected chi connectivity index (χ0v) is 20.3. The van der Waals surface area contributed by atoms with E-state index in [9.17, 15) is 44.1 Å². The van der Waals surface area contributed by atoms with Crippen LogP contribution in [0.3, 0.4) is 0 Å². The molecule has 0 spiro atoms. The SMILES string of the molecule is CC(C)C(N)C(=O)NC(Cc1ccc(O)cc1)C(=O)NC(CC(=O)O)C(=O)NC(CCC(=O)O)C(=O)O. The number of carbonyl (C=O) groups is 6. The largest absolute Gasteiger partial charge is 0.508 e. The average molecular weight is 525 g/mol. The summed E-state index contributed by atoms with van der Waals surface area (Å²) in [5.41, 5.74) is 6.36. The molecule has 1 rings (SSSR count). The second kappa shape index (κ2) is 14.4. The van der Waals surface area contributed by atoms with Gasteiger partial charge in [-0.3, -0.25) is 24.0 Å². The normalized spacial score (nSPS) is 14.1. The number of carboxylic acids is 3. The van der Waals surface area contributed by atoms with Gasteiger partial charge in [0.25, 0.3) is 0 Å². The summed E-state index contributed by atoms with van der Waals surface area (Å²) in [5.74, 6) is -7.44. The first kappa shape index (κ1) is 30.8. The average Bonchev–Trinajstić information content (AvgIpc) is 2.80. The number of aliphatic carboxylic acids is 3. The smallest absolute Gasteiger partial charge is 0.326 e. The number of benzene rings is 1. The highest BCUT2D eigenvalue weighted by atomic mass is 16.4. The van der Waals surface area contributed by atoms with Crippen molar-refractivity contribution in [1.29, 1.82) is 0 Å². The molecule has 0 fully saturated rings. The van der Waals surface area contributed by atoms with Crippen molar-refractivity contribution < 1.29 is 49.2 Å². The second-order valence-corrected chi connectivity index (χ2v) is 8.69. The van der Waals surface area contributed by atoms with Gasteiger partial charge in [-0.15, -0.1) is 0 Å². The Kier molecular flexibility index (Phi) is 12.0. The number of carbonyl (C=O) groups excluding carboxylic acids is 3. The van der Waals surface area contributed by atoms with Gasteiger partial charge in [0.15, 0.2) is 0 Å². The Hall–Kier alpha value is -4.20. The van der Waals surface area contributed by atoms with Gasteiger partial charge < -0.3 is 42.1 Å². The molecule has 37 heavy (non-hydrogen) atoms. The van der Waals surface area contributed by atoms with Gasteiger partial charge in [0.05, 0.1) is 12.5 Å². The molecule has 14 heteroatoms. The molecule has 0 heterocycles. The van der Waals surface area contributed by atoms with Gasteiger partial charge in [0, 0.05) is 12.8 Å². The first-order chi connectivity index (χ1) is 17.2. The number of phenols is 1. The van der Waals surface area contributed by atoms with Crippen molar-refractivity contribution in [3.8, 4) is 5.75 Å². The number of phenolic OH excluding ortho intramolecular Hbond substituents is 1. The Bertz CT molecular complexity index is 996. The van der Waals surface area contributed by atoms with E-state index >= 15 is 0 Å². The zero-order chi connectivity index (χ0) is 28.3. The lowest BCUT2D eigenvalue weighted by molar-refractivity contribution is -0.144. The lowest BCUT2D eigenvalue weighted by Crippen LogP contribution is -2.58. The van der Waals surface area contributed by atoms with Crippen molar-refractivity contribution in [3.63, 3.8) is 0 Å². The Labute approximate surface area is 212 Å². The van der Waals surface area contributed by atoms with Crippen LogP contribution in [-0.2, 0) is 35.2 Å². The van der Waals surface area contributed by atoms with E-state index < -0.39 is 79.1 Å². The van der Waals surface area contributed by atoms with Crippen molar-refractivity contribution in [2.75, 3.05) is 0 Å². The van der Waals surface area contributed by atoms with Crippen molar-refractivity contribution in [3.05, 3.63) is 29.8 Å². The van der Waals surface area contributed by atoms with E-state index in [1.807, 2.05) is 5.32 Å². The lowest BCUT2D eigenvalue weighted by Gasteiger charge is -2.25. The maximum absolute atomic E-state index is 13.1. The summed E-state index contributed by atoms with van der Waals surface area (Å²) < 4.78 is 0. The summed E-state index contributed by atoms with van der Waals surface area (Å²) in [6.07, 6.45) is -2.09. The van der Waals surface area contributed by atoms with Crippen LogP contribution in [0.15, 0.2) is 24.3 Å². The quantitative estimate of drug-likeness (QED) is 0.135. The molecule has 9 N–H and O–H groups in total. The lowest BCUT2D eigenvalue weighted by atomic mass is 10.0. The molecular weight excluding hydrogens is 492 g/mol. The Balaban J connectivity index is 3.14. The highest BCUT2D eigenvalue weighted by Gasteiger charge is 2.32. The first-order valence-corrected chi connectivity index (χ1v) is 11.3. The third-order valence-electron chi connectivity index (χ3n) is 5.30. The van der Waals surface area contributed by atoms with E-state index in [4.69, 9.17) is 10.8 Å². The van der Waals surface area contributed by atoms with E-state index in [1.54, 1.807) is 13.8 Å². The summed E-state index contributed by atoms with van der Waals surface area (Å²) >= 11 is 0. The van der Waals surface area contributed by atoms with Crippen LogP contribution in [0.5, 0.6) is 5.75 Å². The Morgan fingerprint density at radius 3 is 1.78 bits per heavy atom. The molecule has 0 aliphatic rings. The van der Waals surface area contributed by atoms with Crippen molar-refractivity contribution >= 4 is 35.6 Å². The van der Waals surface area contributed by atoms with Crippen LogP contribution in [0.25, 0.3) is 0 Å². The molecule has 0 aliphatic carbocycles. The molecule has 1 aromatic rings. The van der Waals surface area contributed by atoms with Gasteiger partial charge in [-0.1, -0.05) is 26.0 Å². The van der Waals surface area contributed by atoms with Crippen LogP contribution in [0, 0.1) is 5.92 Å². The Morgan fingerprint density at radius 1 is 0.784 bits per heavy atom. The molecule has 4 unspecified atom stereocenters. The summed E-state index contributed by atoms with van der Waals surface area (Å²) in [7, 11) is 0. The van der Waals surface area contributed by atoms with Crippen LogP contribution in [0.1, 0.15) is 38.7 Å². The fourth-order valence-corrected chi connectivity index (χ4v) is 3.10. The standard InChI is InChI=1S/C23H32N4O10/c1-11(2)19(24)22(35)27-15(9-12-3-5-13(28)6-4-12)20(33)26-16(10-18(31)32)21(34)25-14(23(36)37)7-8-17(29)30/h3-6,11,14-16,19,28H,7-10,24H2,1-2H3,(H,25,34)(H,26,33)(H,27,35)(H,29,30)(H,31,32)(H,36,37). The number of hydrogen-bond acceptors (Lipinski definition) is 8. The van der Waals surface area contributed by atoms with E-state index in [-0.39, 0.29) is 18.1 Å². The molecule has 0 aliphatic heterocycles. The van der Waals surface area contributed by atoms with Crippen molar-refractivity contribution in [1.82, 2.24) is 16.0 Å². The number of aromatic hydroxyl groups is 1.